The Labute approximate surface area is 104 Å². The van der Waals surface area contributed by atoms with Crippen molar-refractivity contribution in [2.24, 2.45) is 0 Å². The van der Waals surface area contributed by atoms with Crippen molar-refractivity contribution in [2.75, 3.05) is 5.73 Å². The fourth-order valence-corrected chi connectivity index (χ4v) is 3.11. The van der Waals surface area contributed by atoms with E-state index in [0.717, 1.165) is 26.1 Å². The molecule has 0 aliphatic rings. The van der Waals surface area contributed by atoms with Gasteiger partial charge in [-0.1, -0.05) is 18.2 Å². The average molecular weight is 263 g/mol. The molecule has 6 heteroatoms. The Morgan fingerprint density at radius 1 is 1.29 bits per heavy atom. The van der Waals surface area contributed by atoms with E-state index < -0.39 is 0 Å². The molecule has 2 N–H and O–H groups in total. The Hall–Kier alpha value is -1.29. The molecule has 2 heterocycles. The molecule has 1 aromatic carbocycles. The highest BCUT2D eigenvalue weighted by atomic mass is 32.1. The monoisotopic (exact) mass is 263 g/mol. The topological polar surface area (TPSA) is 61.0 Å². The molecule has 1 unspecified atom stereocenters. The maximum Gasteiger partial charge on any atom is 0.151 e. The van der Waals surface area contributed by atoms with Gasteiger partial charge in [-0.2, -0.15) is 0 Å². The molecule has 3 rings (SSSR count). The number of hydrogen-bond donors (Lipinski definition) is 1. The van der Waals surface area contributed by atoms with Crippen molar-refractivity contribution in [1.82, 2.24) is 9.97 Å². The number of aromatic nitrogens is 2. The standard InChI is InChI=1S/C11H10N3OPS/c12-11-9-10(17-8(14-9)5-15-16)6-3-1-2-4-7(6)13-11/h1-4H,5,16H2,(H2,12,13). The third-order valence-electron chi connectivity index (χ3n) is 2.51. The molecule has 0 bridgehead atoms. The minimum Gasteiger partial charge on any atom is -0.382 e. The van der Waals surface area contributed by atoms with Gasteiger partial charge < -0.3 is 10.3 Å². The summed E-state index contributed by atoms with van der Waals surface area (Å²) in [6, 6.07) is 7.93. The molecule has 0 saturated carbocycles. The maximum absolute atomic E-state index is 5.92. The van der Waals surface area contributed by atoms with Gasteiger partial charge in [0.15, 0.2) is 5.82 Å². The first-order chi connectivity index (χ1) is 8.29. The van der Waals surface area contributed by atoms with E-state index in [1.54, 1.807) is 11.3 Å². The number of thiazole rings is 1. The van der Waals surface area contributed by atoms with E-state index in [2.05, 4.69) is 19.4 Å². The lowest BCUT2D eigenvalue weighted by Crippen LogP contribution is -1.92. The highest BCUT2D eigenvalue weighted by molar-refractivity contribution is 7.19. The summed E-state index contributed by atoms with van der Waals surface area (Å²) in [6.45, 7) is 0.470. The lowest BCUT2D eigenvalue weighted by atomic mass is 10.2. The van der Waals surface area contributed by atoms with Crippen molar-refractivity contribution in [1.29, 1.82) is 0 Å². The van der Waals surface area contributed by atoms with E-state index in [1.807, 2.05) is 24.3 Å². The molecule has 0 fully saturated rings. The summed E-state index contributed by atoms with van der Waals surface area (Å²) in [4.78, 5) is 8.80. The smallest absolute Gasteiger partial charge is 0.151 e. The van der Waals surface area contributed by atoms with Gasteiger partial charge in [-0.3, -0.25) is 0 Å². The number of nitrogen functional groups attached to an aromatic ring is 1. The van der Waals surface area contributed by atoms with Gasteiger partial charge in [-0.05, 0) is 6.07 Å². The predicted molar refractivity (Wildman–Crippen MR) is 73.8 cm³/mol. The van der Waals surface area contributed by atoms with Crippen molar-refractivity contribution < 1.29 is 4.52 Å². The van der Waals surface area contributed by atoms with Gasteiger partial charge >= 0.3 is 0 Å². The summed E-state index contributed by atoms with van der Waals surface area (Å²) < 4.78 is 6.09. The second kappa shape index (κ2) is 4.18. The molecule has 2 aromatic heterocycles. The van der Waals surface area contributed by atoms with E-state index in [0.29, 0.717) is 12.4 Å². The third-order valence-corrected chi connectivity index (χ3v) is 3.74. The van der Waals surface area contributed by atoms with Crippen molar-refractivity contribution in [3.8, 4) is 0 Å². The Bertz CT molecular complexity index is 698. The minimum absolute atomic E-state index is 0.470. The molecule has 0 aliphatic carbocycles. The number of para-hydroxylation sites is 1. The first-order valence-corrected chi connectivity index (χ1v) is 6.33. The first kappa shape index (κ1) is 10.8. The van der Waals surface area contributed by atoms with E-state index in [9.17, 15) is 0 Å². The Balaban J connectivity index is 2.39. The molecular weight excluding hydrogens is 253 g/mol. The maximum atomic E-state index is 5.92. The van der Waals surface area contributed by atoms with Crippen LogP contribution in [0, 0.1) is 0 Å². The summed E-state index contributed by atoms with van der Waals surface area (Å²) in [5, 5.41) is 1.99. The van der Waals surface area contributed by atoms with Crippen LogP contribution in [0.15, 0.2) is 24.3 Å². The zero-order valence-electron chi connectivity index (χ0n) is 8.88. The van der Waals surface area contributed by atoms with Crippen LogP contribution in [0.5, 0.6) is 0 Å². The minimum atomic E-state index is 0.470. The second-order valence-corrected chi connectivity index (χ2v) is 5.03. The molecule has 4 nitrogen and oxygen atoms in total. The van der Waals surface area contributed by atoms with Crippen LogP contribution in [0.3, 0.4) is 0 Å². The normalized spacial score (nSPS) is 11.4. The van der Waals surface area contributed by atoms with Crippen LogP contribution >= 0.6 is 20.8 Å². The number of hydrogen-bond acceptors (Lipinski definition) is 5. The van der Waals surface area contributed by atoms with Gasteiger partial charge in [-0.25, -0.2) is 9.97 Å². The number of nitrogens with zero attached hydrogens (tertiary/aromatic N) is 2. The van der Waals surface area contributed by atoms with Crippen molar-refractivity contribution in [3.05, 3.63) is 29.3 Å². The number of pyridine rings is 1. The highest BCUT2D eigenvalue weighted by Gasteiger charge is 2.11. The van der Waals surface area contributed by atoms with Gasteiger partial charge in [0.2, 0.25) is 0 Å². The summed E-state index contributed by atoms with van der Waals surface area (Å²) in [5.74, 6) is 0.477. The fourth-order valence-electron chi connectivity index (χ4n) is 1.80. The Kier molecular flexibility index (Phi) is 2.67. The second-order valence-electron chi connectivity index (χ2n) is 3.61. The van der Waals surface area contributed by atoms with Gasteiger partial charge in [0.25, 0.3) is 0 Å². The van der Waals surface area contributed by atoms with Crippen LogP contribution in [-0.2, 0) is 11.1 Å². The molecule has 17 heavy (non-hydrogen) atoms. The van der Waals surface area contributed by atoms with E-state index in [4.69, 9.17) is 10.3 Å². The largest absolute Gasteiger partial charge is 0.382 e. The van der Waals surface area contributed by atoms with Crippen LogP contribution < -0.4 is 5.73 Å². The zero-order chi connectivity index (χ0) is 11.8. The molecule has 0 spiro atoms. The number of benzene rings is 1. The molecule has 0 aliphatic heterocycles. The third kappa shape index (κ3) is 1.76. The average Bonchev–Trinajstić information content (AvgIpc) is 2.74. The quantitative estimate of drug-likeness (QED) is 0.722. The van der Waals surface area contributed by atoms with Crippen molar-refractivity contribution >= 4 is 47.7 Å². The van der Waals surface area contributed by atoms with Crippen molar-refractivity contribution in [2.45, 2.75) is 6.61 Å². The SMILES string of the molecule is Nc1nc2ccccc2c2sc(COP)nc12. The van der Waals surface area contributed by atoms with Gasteiger partial charge in [0.1, 0.15) is 17.1 Å². The van der Waals surface area contributed by atoms with Crippen LogP contribution in [0.1, 0.15) is 5.01 Å². The molecule has 1 atom stereocenters. The molecule has 0 amide bonds. The number of nitrogens with two attached hydrogens (primary N) is 1. The van der Waals surface area contributed by atoms with E-state index >= 15 is 0 Å². The lowest BCUT2D eigenvalue weighted by Gasteiger charge is -1.99. The summed E-state index contributed by atoms with van der Waals surface area (Å²) in [6.07, 6.45) is 0. The summed E-state index contributed by atoms with van der Waals surface area (Å²) >= 11 is 1.60. The zero-order valence-corrected chi connectivity index (χ0v) is 10.9. The molecule has 3 aromatic rings. The van der Waals surface area contributed by atoms with Gasteiger partial charge in [-0.15, -0.1) is 11.3 Å². The first-order valence-electron chi connectivity index (χ1n) is 5.05. The van der Waals surface area contributed by atoms with Gasteiger partial charge in [0, 0.05) is 14.9 Å². The number of fused-ring (bicyclic) bond motifs is 3. The lowest BCUT2D eigenvalue weighted by molar-refractivity contribution is 0.361. The van der Waals surface area contributed by atoms with Crippen LogP contribution in [0.2, 0.25) is 0 Å². The van der Waals surface area contributed by atoms with E-state index in [-0.39, 0.29) is 0 Å². The fraction of sp³-hybridized carbons (Fsp3) is 0.0909. The summed E-state index contributed by atoms with van der Waals surface area (Å²) in [5.41, 5.74) is 7.59. The molecule has 0 saturated heterocycles. The van der Waals surface area contributed by atoms with Crippen LogP contribution in [0.25, 0.3) is 21.1 Å². The summed E-state index contributed by atoms with van der Waals surface area (Å²) in [7, 11) is 2.22. The van der Waals surface area contributed by atoms with Crippen molar-refractivity contribution in [3.63, 3.8) is 0 Å². The van der Waals surface area contributed by atoms with Gasteiger partial charge in [0.05, 0.1) is 10.2 Å². The molecule has 0 radical (unpaired) electrons. The van der Waals surface area contributed by atoms with Crippen LogP contribution in [0.4, 0.5) is 5.82 Å². The number of anilines is 1. The highest BCUT2D eigenvalue weighted by Crippen LogP contribution is 2.32. The number of rotatable bonds is 2. The Morgan fingerprint density at radius 2 is 2.12 bits per heavy atom. The molecule has 86 valence electrons. The van der Waals surface area contributed by atoms with E-state index in [1.165, 1.54) is 0 Å². The van der Waals surface area contributed by atoms with Crippen LogP contribution in [-0.4, -0.2) is 9.97 Å². The predicted octanol–water partition coefficient (Wildman–Crippen LogP) is 2.73. The Morgan fingerprint density at radius 3 is 2.94 bits per heavy atom. The molecular formula is C11H10N3OPS.